The van der Waals surface area contributed by atoms with Crippen molar-refractivity contribution >= 4 is 45.5 Å². The van der Waals surface area contributed by atoms with Gasteiger partial charge in [-0.05, 0) is 77.3 Å². The van der Waals surface area contributed by atoms with Crippen LogP contribution < -0.4 is 15.0 Å². The number of anilines is 1. The van der Waals surface area contributed by atoms with Crippen LogP contribution in [0.5, 0.6) is 5.75 Å². The third-order valence-electron chi connectivity index (χ3n) is 6.95. The second-order valence-corrected chi connectivity index (χ2v) is 9.22. The molecule has 0 bridgehead atoms. The molecule has 36 heavy (non-hydrogen) atoms. The van der Waals surface area contributed by atoms with Crippen molar-refractivity contribution in [2.45, 2.75) is 12.8 Å². The van der Waals surface area contributed by atoms with E-state index in [2.05, 4.69) is 57.6 Å². The largest absolute Gasteiger partial charge is 0.495 e. The molecule has 1 aliphatic heterocycles. The van der Waals surface area contributed by atoms with Gasteiger partial charge in [0, 0.05) is 38.3 Å². The van der Waals surface area contributed by atoms with Gasteiger partial charge in [0.2, 0.25) is 0 Å². The molecule has 1 N–H and O–H groups in total. The van der Waals surface area contributed by atoms with Gasteiger partial charge in [0.1, 0.15) is 5.75 Å². The number of hydrogen-bond donors (Lipinski definition) is 1. The molecule has 0 unspecified atom stereocenters. The molecule has 0 radical (unpaired) electrons. The minimum Gasteiger partial charge on any atom is -0.495 e. The van der Waals surface area contributed by atoms with Gasteiger partial charge in [0.15, 0.2) is 0 Å². The topological polar surface area (TPSA) is 44.8 Å². The minimum atomic E-state index is 0. The van der Waals surface area contributed by atoms with Crippen LogP contribution in [-0.4, -0.2) is 57.2 Å². The molecule has 0 saturated carbocycles. The lowest BCUT2D eigenvalue weighted by molar-refractivity contribution is 0.0952. The fourth-order valence-corrected chi connectivity index (χ4v) is 4.95. The second-order valence-electron chi connectivity index (χ2n) is 9.22. The number of carbonyl (C=O) groups is 1. The van der Waals surface area contributed by atoms with Crippen molar-refractivity contribution in [3.8, 4) is 5.75 Å². The molecule has 1 heterocycles. The van der Waals surface area contributed by atoms with Gasteiger partial charge in [-0.2, -0.15) is 0 Å². The molecule has 5 rings (SSSR count). The number of benzene rings is 4. The van der Waals surface area contributed by atoms with Crippen molar-refractivity contribution in [1.29, 1.82) is 0 Å². The SMILES string of the molecule is COc1ccccc1N1CCN(CCCCNC(=O)c2ccc3cc4ccccc4cc3c2)CC1.Cl. The highest BCUT2D eigenvalue weighted by molar-refractivity contribution is 6.03. The van der Waals surface area contributed by atoms with E-state index < -0.39 is 0 Å². The van der Waals surface area contributed by atoms with E-state index >= 15 is 0 Å². The Hall–Kier alpha value is -3.28. The van der Waals surface area contributed by atoms with Crippen molar-refractivity contribution in [2.75, 3.05) is 51.3 Å². The summed E-state index contributed by atoms with van der Waals surface area (Å²) in [5.41, 5.74) is 1.90. The molecule has 4 aromatic rings. The maximum absolute atomic E-state index is 12.7. The first kappa shape index (κ1) is 25.8. The predicted molar refractivity (Wildman–Crippen MR) is 152 cm³/mol. The number of nitrogens with one attached hydrogen (secondary N) is 1. The van der Waals surface area contributed by atoms with Crippen LogP contribution in [0.2, 0.25) is 0 Å². The number of ether oxygens (including phenoxy) is 1. The minimum absolute atomic E-state index is 0. The Bertz CT molecular complexity index is 1320. The zero-order valence-electron chi connectivity index (χ0n) is 20.8. The zero-order chi connectivity index (χ0) is 24.0. The Morgan fingerprint density at radius 2 is 1.47 bits per heavy atom. The van der Waals surface area contributed by atoms with E-state index in [0.717, 1.165) is 67.7 Å². The summed E-state index contributed by atoms with van der Waals surface area (Å²) in [6, 6.07) is 26.9. The van der Waals surface area contributed by atoms with Crippen LogP contribution >= 0.6 is 12.4 Å². The highest BCUT2D eigenvalue weighted by atomic mass is 35.5. The van der Waals surface area contributed by atoms with Gasteiger partial charge in [-0.3, -0.25) is 9.69 Å². The maximum Gasteiger partial charge on any atom is 0.251 e. The number of methoxy groups -OCH3 is 1. The van der Waals surface area contributed by atoms with Crippen molar-refractivity contribution in [3.05, 3.63) is 84.4 Å². The monoisotopic (exact) mass is 503 g/mol. The Balaban J connectivity index is 0.00000304. The lowest BCUT2D eigenvalue weighted by atomic mass is 10.0. The van der Waals surface area contributed by atoms with Crippen LogP contribution in [-0.2, 0) is 0 Å². The standard InChI is InChI=1S/C30H33N3O2.ClH/c1-35-29-11-5-4-10-28(29)33-18-16-32(17-19-33)15-7-6-14-31-30(34)26-13-12-25-20-23-8-2-3-9-24(23)21-27(25)22-26;/h2-5,8-13,20-22H,6-7,14-19H2,1H3,(H,31,34);1H. The Kier molecular flexibility index (Phi) is 8.68. The molecule has 0 aromatic heterocycles. The number of para-hydroxylation sites is 2. The van der Waals surface area contributed by atoms with Crippen LogP contribution in [0.25, 0.3) is 21.5 Å². The average Bonchev–Trinajstić information content (AvgIpc) is 2.91. The molecule has 1 fully saturated rings. The molecule has 1 amide bonds. The van der Waals surface area contributed by atoms with Crippen molar-refractivity contribution in [2.24, 2.45) is 0 Å². The third kappa shape index (κ3) is 5.92. The molecule has 1 aliphatic rings. The van der Waals surface area contributed by atoms with Crippen molar-refractivity contribution in [3.63, 3.8) is 0 Å². The summed E-state index contributed by atoms with van der Waals surface area (Å²) >= 11 is 0. The summed E-state index contributed by atoms with van der Waals surface area (Å²) in [5.74, 6) is 0.946. The number of unbranched alkanes of at least 4 members (excludes halogenated alkanes) is 1. The fraction of sp³-hybridized carbons (Fsp3) is 0.300. The van der Waals surface area contributed by atoms with E-state index in [0.29, 0.717) is 6.54 Å². The lowest BCUT2D eigenvalue weighted by Crippen LogP contribution is -2.46. The number of piperazine rings is 1. The highest BCUT2D eigenvalue weighted by Gasteiger charge is 2.19. The Labute approximate surface area is 219 Å². The maximum atomic E-state index is 12.7. The predicted octanol–water partition coefficient (Wildman–Crippen LogP) is 5.76. The third-order valence-corrected chi connectivity index (χ3v) is 6.95. The summed E-state index contributed by atoms with van der Waals surface area (Å²) in [5, 5.41) is 7.78. The summed E-state index contributed by atoms with van der Waals surface area (Å²) in [4.78, 5) is 17.6. The number of fused-ring (bicyclic) bond motifs is 2. The average molecular weight is 504 g/mol. The molecule has 0 aliphatic carbocycles. The van der Waals surface area contributed by atoms with E-state index in [9.17, 15) is 4.79 Å². The molecule has 0 spiro atoms. The highest BCUT2D eigenvalue weighted by Crippen LogP contribution is 2.28. The first-order chi connectivity index (χ1) is 17.2. The van der Waals surface area contributed by atoms with E-state index in [1.165, 1.54) is 16.5 Å². The molecule has 188 valence electrons. The van der Waals surface area contributed by atoms with Gasteiger partial charge in [0.25, 0.3) is 5.91 Å². The normalized spacial score (nSPS) is 14.0. The van der Waals surface area contributed by atoms with Gasteiger partial charge in [-0.1, -0.05) is 42.5 Å². The van der Waals surface area contributed by atoms with E-state index in [4.69, 9.17) is 4.74 Å². The fourth-order valence-electron chi connectivity index (χ4n) is 4.95. The number of rotatable bonds is 8. The van der Waals surface area contributed by atoms with Crippen LogP contribution in [0, 0.1) is 0 Å². The number of hydrogen-bond acceptors (Lipinski definition) is 4. The molecule has 6 heteroatoms. The summed E-state index contributed by atoms with van der Waals surface area (Å²) < 4.78 is 5.52. The van der Waals surface area contributed by atoms with Gasteiger partial charge >= 0.3 is 0 Å². The Morgan fingerprint density at radius 3 is 2.22 bits per heavy atom. The van der Waals surface area contributed by atoms with E-state index in [1.54, 1.807) is 7.11 Å². The number of amides is 1. The number of halogens is 1. The molecule has 0 atom stereocenters. The molecular weight excluding hydrogens is 470 g/mol. The number of nitrogens with zero attached hydrogens (tertiary/aromatic N) is 2. The van der Waals surface area contributed by atoms with Crippen LogP contribution in [0.3, 0.4) is 0 Å². The van der Waals surface area contributed by atoms with Gasteiger partial charge in [-0.15, -0.1) is 12.4 Å². The van der Waals surface area contributed by atoms with Gasteiger partial charge in [0.05, 0.1) is 12.8 Å². The number of carbonyl (C=O) groups excluding carboxylic acids is 1. The quantitative estimate of drug-likeness (QED) is 0.245. The van der Waals surface area contributed by atoms with Crippen LogP contribution in [0.4, 0.5) is 5.69 Å². The van der Waals surface area contributed by atoms with Gasteiger partial charge in [-0.25, -0.2) is 0 Å². The van der Waals surface area contributed by atoms with Crippen molar-refractivity contribution < 1.29 is 9.53 Å². The van der Waals surface area contributed by atoms with Crippen LogP contribution in [0.15, 0.2) is 78.9 Å². The summed E-state index contributed by atoms with van der Waals surface area (Å²) in [6.45, 7) is 5.89. The molecular formula is C30H34ClN3O2. The van der Waals surface area contributed by atoms with Crippen LogP contribution in [0.1, 0.15) is 23.2 Å². The second kappa shape index (κ2) is 12.1. The zero-order valence-corrected chi connectivity index (χ0v) is 21.6. The molecule has 5 nitrogen and oxygen atoms in total. The first-order valence-corrected chi connectivity index (χ1v) is 12.5. The van der Waals surface area contributed by atoms with E-state index in [1.807, 2.05) is 36.4 Å². The summed E-state index contributed by atoms with van der Waals surface area (Å²) in [7, 11) is 1.73. The Morgan fingerprint density at radius 1 is 0.806 bits per heavy atom. The van der Waals surface area contributed by atoms with Gasteiger partial charge < -0.3 is 15.0 Å². The first-order valence-electron chi connectivity index (χ1n) is 12.5. The van der Waals surface area contributed by atoms with E-state index in [-0.39, 0.29) is 18.3 Å². The van der Waals surface area contributed by atoms with Crippen molar-refractivity contribution in [1.82, 2.24) is 10.2 Å². The summed E-state index contributed by atoms with van der Waals surface area (Å²) in [6.07, 6.45) is 2.06. The smallest absolute Gasteiger partial charge is 0.251 e. The lowest BCUT2D eigenvalue weighted by Gasteiger charge is -2.36. The molecule has 1 saturated heterocycles. The molecule has 4 aromatic carbocycles.